The van der Waals surface area contributed by atoms with Gasteiger partial charge in [0, 0.05) is 24.7 Å². The first-order valence-corrected chi connectivity index (χ1v) is 11.6. The number of amides is 2. The van der Waals surface area contributed by atoms with E-state index in [1.54, 1.807) is 6.07 Å². The number of aromatic nitrogens is 2. The van der Waals surface area contributed by atoms with E-state index in [9.17, 15) is 14.0 Å². The Morgan fingerprint density at radius 1 is 1.29 bits per heavy atom. The van der Waals surface area contributed by atoms with Gasteiger partial charge in [0.15, 0.2) is 5.82 Å². The van der Waals surface area contributed by atoms with Gasteiger partial charge in [-0.1, -0.05) is 30.3 Å². The van der Waals surface area contributed by atoms with Crippen molar-refractivity contribution in [3.8, 4) is 0 Å². The van der Waals surface area contributed by atoms with Crippen molar-refractivity contribution in [1.29, 1.82) is 0 Å². The topological polar surface area (TPSA) is 87.2 Å². The molecule has 0 bridgehead atoms. The second-order valence-electron chi connectivity index (χ2n) is 7.27. The first-order valence-electron chi connectivity index (χ1n) is 10.2. The highest BCUT2D eigenvalue weighted by Gasteiger charge is 2.26. The molecule has 0 radical (unpaired) electrons. The van der Waals surface area contributed by atoms with Crippen molar-refractivity contribution in [2.24, 2.45) is 5.92 Å². The zero-order valence-corrected chi connectivity index (χ0v) is 18.8. The summed E-state index contributed by atoms with van der Waals surface area (Å²) in [5.41, 5.74) is 0.0825. The molecule has 1 aliphatic rings. The van der Waals surface area contributed by atoms with Crippen LogP contribution in [0.15, 0.2) is 35.4 Å². The van der Waals surface area contributed by atoms with Gasteiger partial charge in [-0.25, -0.2) is 4.39 Å². The van der Waals surface area contributed by atoms with Crippen molar-refractivity contribution in [1.82, 2.24) is 15.5 Å². The maximum atomic E-state index is 13.8. The number of hydrogen-bond acceptors (Lipinski definition) is 6. The fraction of sp³-hybridized carbons (Fsp3) is 0.429. The lowest BCUT2D eigenvalue weighted by Gasteiger charge is -2.32. The molecule has 3 rings (SSSR count). The van der Waals surface area contributed by atoms with Crippen LogP contribution in [0.2, 0.25) is 5.02 Å². The van der Waals surface area contributed by atoms with Crippen molar-refractivity contribution in [2.45, 2.75) is 31.2 Å². The molecule has 10 heteroatoms. The molecular formula is C21H25ClFN5O2S. The predicted molar refractivity (Wildman–Crippen MR) is 121 cm³/mol. The van der Waals surface area contributed by atoms with E-state index in [0.29, 0.717) is 23.9 Å². The van der Waals surface area contributed by atoms with Crippen LogP contribution < -0.4 is 15.5 Å². The Bertz CT molecular complexity index is 915. The van der Waals surface area contributed by atoms with E-state index in [2.05, 4.69) is 25.7 Å². The van der Waals surface area contributed by atoms with Gasteiger partial charge in [-0.2, -0.15) is 0 Å². The lowest BCUT2D eigenvalue weighted by atomic mass is 9.97. The van der Waals surface area contributed by atoms with E-state index in [1.807, 2.05) is 13.0 Å². The summed E-state index contributed by atoms with van der Waals surface area (Å²) in [5, 5.41) is 14.8. The zero-order chi connectivity index (χ0) is 22.2. The maximum absolute atomic E-state index is 13.8. The van der Waals surface area contributed by atoms with Crippen LogP contribution in [-0.2, 0) is 9.59 Å². The molecule has 1 fully saturated rings. The second kappa shape index (κ2) is 11.3. The van der Waals surface area contributed by atoms with E-state index in [-0.39, 0.29) is 34.2 Å². The summed E-state index contributed by atoms with van der Waals surface area (Å²) in [7, 11) is 0. The van der Waals surface area contributed by atoms with Crippen molar-refractivity contribution in [3.63, 3.8) is 0 Å². The van der Waals surface area contributed by atoms with E-state index in [0.717, 1.165) is 31.9 Å². The minimum Gasteiger partial charge on any atom is -0.356 e. The van der Waals surface area contributed by atoms with Crippen molar-refractivity contribution in [2.75, 3.05) is 35.6 Å². The highest BCUT2D eigenvalue weighted by Crippen LogP contribution is 2.24. The summed E-state index contributed by atoms with van der Waals surface area (Å²) in [6.45, 7) is 4.17. The summed E-state index contributed by atoms with van der Waals surface area (Å²) >= 11 is 6.92. The Labute approximate surface area is 190 Å². The predicted octanol–water partition coefficient (Wildman–Crippen LogP) is 3.74. The highest BCUT2D eigenvalue weighted by atomic mass is 35.5. The molecule has 1 aliphatic heterocycles. The summed E-state index contributed by atoms with van der Waals surface area (Å²) < 4.78 is 13.8. The Balaban J connectivity index is 1.50. The minimum absolute atomic E-state index is 0.0480. The molecule has 0 spiro atoms. The molecule has 2 heterocycles. The Hall–Kier alpha value is -2.39. The van der Waals surface area contributed by atoms with Gasteiger partial charge in [-0.3, -0.25) is 9.59 Å². The Kier molecular flexibility index (Phi) is 8.48. The lowest BCUT2D eigenvalue weighted by molar-refractivity contribution is -0.125. The van der Waals surface area contributed by atoms with E-state index in [4.69, 9.17) is 11.6 Å². The normalized spacial score (nSPS) is 16.1. The third-order valence-electron chi connectivity index (χ3n) is 4.85. The highest BCUT2D eigenvalue weighted by molar-refractivity contribution is 7.99. The largest absolute Gasteiger partial charge is 0.356 e. The molecule has 0 saturated carbocycles. The molecule has 0 unspecified atom stereocenters. The van der Waals surface area contributed by atoms with Crippen LogP contribution in [0.25, 0.3) is 0 Å². The third-order valence-corrected chi connectivity index (χ3v) is 6.00. The van der Waals surface area contributed by atoms with Crippen molar-refractivity contribution >= 4 is 46.7 Å². The number of carbonyl (C=O) groups excluding carboxylic acids is 2. The summed E-state index contributed by atoms with van der Waals surface area (Å²) in [4.78, 5) is 26.4. The van der Waals surface area contributed by atoms with Gasteiger partial charge in [0.1, 0.15) is 10.8 Å². The molecule has 2 N–H and O–H groups in total. The van der Waals surface area contributed by atoms with Gasteiger partial charge in [0.05, 0.1) is 17.4 Å². The van der Waals surface area contributed by atoms with E-state index < -0.39 is 5.82 Å². The van der Waals surface area contributed by atoms with Crippen LogP contribution in [0.4, 0.5) is 15.9 Å². The molecule has 1 aromatic carbocycles. The second-order valence-corrected chi connectivity index (χ2v) is 8.70. The number of thioether (sulfide) groups is 1. The van der Waals surface area contributed by atoms with Gasteiger partial charge >= 0.3 is 0 Å². The SMILES string of the molecule is CCCNC(=O)[C@@H]1CCCN(c2ccc(SCC(=O)Nc3ccc(Cl)cc3F)nn2)C1. The Morgan fingerprint density at radius 2 is 2.13 bits per heavy atom. The van der Waals surface area contributed by atoms with Crippen LogP contribution in [-0.4, -0.2) is 47.4 Å². The van der Waals surface area contributed by atoms with Gasteiger partial charge in [-0.05, 0) is 49.6 Å². The molecular weight excluding hydrogens is 441 g/mol. The quantitative estimate of drug-likeness (QED) is 0.577. The minimum atomic E-state index is -0.585. The van der Waals surface area contributed by atoms with Crippen LogP contribution >= 0.6 is 23.4 Å². The summed E-state index contributed by atoms with van der Waals surface area (Å²) in [5.74, 6) is -0.111. The summed E-state index contributed by atoms with van der Waals surface area (Å²) in [6, 6.07) is 7.72. The van der Waals surface area contributed by atoms with Crippen LogP contribution in [0.3, 0.4) is 0 Å². The Morgan fingerprint density at radius 3 is 2.84 bits per heavy atom. The molecule has 0 aliphatic carbocycles. The molecule has 31 heavy (non-hydrogen) atoms. The van der Waals surface area contributed by atoms with Gasteiger partial charge in [-0.15, -0.1) is 10.2 Å². The number of nitrogens with one attached hydrogen (secondary N) is 2. The average molecular weight is 466 g/mol. The average Bonchev–Trinajstić information content (AvgIpc) is 2.78. The third kappa shape index (κ3) is 6.80. The van der Waals surface area contributed by atoms with E-state index >= 15 is 0 Å². The van der Waals surface area contributed by atoms with Crippen molar-refractivity contribution in [3.05, 3.63) is 41.2 Å². The van der Waals surface area contributed by atoms with Crippen molar-refractivity contribution < 1.29 is 14.0 Å². The van der Waals surface area contributed by atoms with Crippen LogP contribution in [0.5, 0.6) is 0 Å². The molecule has 1 aromatic heterocycles. The molecule has 1 atom stereocenters. The number of halogens is 2. The first-order chi connectivity index (χ1) is 15.0. The number of hydrogen-bond donors (Lipinski definition) is 2. The smallest absolute Gasteiger partial charge is 0.234 e. The zero-order valence-electron chi connectivity index (χ0n) is 17.2. The van der Waals surface area contributed by atoms with Crippen LogP contribution in [0.1, 0.15) is 26.2 Å². The monoisotopic (exact) mass is 465 g/mol. The molecule has 1 saturated heterocycles. The molecule has 2 amide bonds. The summed E-state index contributed by atoms with van der Waals surface area (Å²) in [6.07, 6.45) is 2.71. The fourth-order valence-electron chi connectivity index (χ4n) is 3.27. The first kappa shape index (κ1) is 23.3. The molecule has 166 valence electrons. The van der Waals surface area contributed by atoms with Gasteiger partial charge in [0.25, 0.3) is 0 Å². The number of benzene rings is 1. The van der Waals surface area contributed by atoms with Crippen LogP contribution in [0, 0.1) is 11.7 Å². The van der Waals surface area contributed by atoms with Gasteiger partial charge < -0.3 is 15.5 Å². The maximum Gasteiger partial charge on any atom is 0.234 e. The molecule has 7 nitrogen and oxygen atoms in total. The fourth-order valence-corrected chi connectivity index (χ4v) is 4.04. The lowest BCUT2D eigenvalue weighted by Crippen LogP contribution is -2.43. The molecule has 2 aromatic rings. The van der Waals surface area contributed by atoms with Gasteiger partial charge in [0.2, 0.25) is 11.8 Å². The standard InChI is InChI=1S/C21H25ClFN5O2S/c1-2-9-24-21(30)14-4-3-10-28(12-14)18-7-8-20(27-26-18)31-13-19(29)25-17-6-5-15(22)11-16(17)23/h5-8,11,14H,2-4,9-10,12-13H2,1H3,(H,24,30)(H,25,29)/t14-/m1/s1. The number of nitrogens with zero attached hydrogens (tertiary/aromatic N) is 3. The number of carbonyl (C=O) groups is 2. The number of piperidine rings is 1. The van der Waals surface area contributed by atoms with E-state index in [1.165, 1.54) is 23.9 Å². The number of rotatable bonds is 8. The number of anilines is 2.